The highest BCUT2D eigenvalue weighted by Gasteiger charge is 1.77. The van der Waals surface area contributed by atoms with Crippen LogP contribution in [-0.2, 0) is 0 Å². The molecule has 44 valence electrons. The first-order valence-corrected chi connectivity index (χ1v) is 3.17. The third-order valence-electron chi connectivity index (χ3n) is 0.313. The molecule has 0 unspecified atom stereocenters. The van der Waals surface area contributed by atoms with Crippen molar-refractivity contribution in [1.82, 2.24) is 0 Å². The maximum Gasteiger partial charge on any atom is 0.0250 e. The fraction of sp³-hybridized carbons (Fsp3) is 0.333. The lowest BCUT2D eigenvalue weighted by Gasteiger charge is -1.81. The Morgan fingerprint density at radius 3 is 2.14 bits per heavy atom. The van der Waals surface area contributed by atoms with Crippen LogP contribution >= 0.6 is 48.8 Å². The number of halogens is 3. The van der Waals surface area contributed by atoms with Gasteiger partial charge in [0.05, 0.1) is 0 Å². The van der Waals surface area contributed by atoms with Crippen molar-refractivity contribution in [2.45, 2.75) is 0 Å². The van der Waals surface area contributed by atoms with Crippen LogP contribution in [0, 0.1) is 0 Å². The van der Waals surface area contributed by atoms with E-state index in [-0.39, 0.29) is 17.0 Å². The van der Waals surface area contributed by atoms with Crippen LogP contribution in [0.25, 0.3) is 0 Å². The maximum atomic E-state index is 5.14. The third-order valence-corrected chi connectivity index (χ3v) is 2.03. The van der Waals surface area contributed by atoms with E-state index in [4.69, 9.17) is 5.73 Å². The Morgan fingerprint density at radius 2 is 2.14 bits per heavy atom. The second-order valence-electron chi connectivity index (χ2n) is 0.760. The largest absolute Gasteiger partial charge is 0.326 e. The molecule has 0 saturated heterocycles. The Balaban J connectivity index is 0. The number of rotatable bonds is 1. The molecule has 0 spiro atoms. The van der Waals surface area contributed by atoms with E-state index in [0.29, 0.717) is 6.54 Å². The Labute approximate surface area is 70.4 Å². The van der Waals surface area contributed by atoms with Gasteiger partial charge in [0.15, 0.2) is 0 Å². The minimum absolute atomic E-state index is 0. The molecule has 0 aliphatic carbocycles. The van der Waals surface area contributed by atoms with E-state index in [9.17, 15) is 0 Å². The predicted octanol–water partition coefficient (Wildman–Crippen LogP) is 2.15. The van der Waals surface area contributed by atoms with E-state index in [1.165, 1.54) is 0 Å². The van der Waals surface area contributed by atoms with Gasteiger partial charge < -0.3 is 5.73 Å². The lowest BCUT2D eigenvalue weighted by molar-refractivity contribution is 1.25. The van der Waals surface area contributed by atoms with Gasteiger partial charge in [-0.25, -0.2) is 0 Å². The fourth-order valence-corrected chi connectivity index (χ4v) is 0.231. The van der Waals surface area contributed by atoms with Crippen LogP contribution in [0.3, 0.4) is 0 Å². The fourth-order valence-electron chi connectivity index (χ4n) is 0.0445. The van der Waals surface area contributed by atoms with Crippen LogP contribution < -0.4 is 5.73 Å². The summed E-state index contributed by atoms with van der Waals surface area (Å²) < 4.78 is 0.975. The molecule has 2 N–H and O–H groups in total. The molecule has 0 atom stereocenters. The first kappa shape index (κ1) is 11.0. The lowest BCUT2D eigenvalue weighted by Crippen LogP contribution is -1.95. The van der Waals surface area contributed by atoms with E-state index >= 15 is 0 Å². The summed E-state index contributed by atoms with van der Waals surface area (Å²) in [6, 6.07) is 0. The standard InChI is InChI=1S/C3H5Br2N.BrH/c4-1-3(5)2-6;/h1H,2,6H2;1H/b3-1-;. The second kappa shape index (κ2) is 7.14. The summed E-state index contributed by atoms with van der Waals surface area (Å²) >= 11 is 6.25. The highest BCUT2D eigenvalue weighted by atomic mass is 79.9. The van der Waals surface area contributed by atoms with Gasteiger partial charge in [0.2, 0.25) is 0 Å². The summed E-state index contributed by atoms with van der Waals surface area (Å²) in [5.41, 5.74) is 5.14. The molecule has 0 saturated carbocycles. The van der Waals surface area contributed by atoms with Crippen molar-refractivity contribution in [2.24, 2.45) is 5.73 Å². The Bertz CT molecular complexity index is 61.2. The molecular weight excluding hydrogens is 290 g/mol. The average molecular weight is 296 g/mol. The first-order valence-electron chi connectivity index (χ1n) is 1.46. The Kier molecular flexibility index (Phi) is 11.2. The SMILES string of the molecule is Br.NC/C(Br)=C/Br. The van der Waals surface area contributed by atoms with Crippen LogP contribution in [0.2, 0.25) is 0 Å². The van der Waals surface area contributed by atoms with Gasteiger partial charge in [-0.15, -0.1) is 17.0 Å². The van der Waals surface area contributed by atoms with Gasteiger partial charge in [-0.2, -0.15) is 0 Å². The molecule has 0 aromatic heterocycles. The smallest absolute Gasteiger partial charge is 0.0250 e. The van der Waals surface area contributed by atoms with Crippen molar-refractivity contribution in [1.29, 1.82) is 0 Å². The zero-order chi connectivity index (χ0) is 4.99. The summed E-state index contributed by atoms with van der Waals surface area (Å²) in [5.74, 6) is 0. The van der Waals surface area contributed by atoms with E-state index in [1.807, 2.05) is 0 Å². The van der Waals surface area contributed by atoms with Crippen molar-refractivity contribution >= 4 is 48.8 Å². The van der Waals surface area contributed by atoms with Gasteiger partial charge in [0.1, 0.15) is 0 Å². The van der Waals surface area contributed by atoms with Gasteiger partial charge in [-0.05, 0) is 4.99 Å². The van der Waals surface area contributed by atoms with Crippen molar-refractivity contribution < 1.29 is 0 Å². The summed E-state index contributed by atoms with van der Waals surface area (Å²) in [6.07, 6.45) is 0. The lowest BCUT2D eigenvalue weighted by atomic mass is 10.7. The molecule has 0 aromatic carbocycles. The van der Waals surface area contributed by atoms with Gasteiger partial charge in [0.25, 0.3) is 0 Å². The Hall–Kier alpha value is 1.14. The topological polar surface area (TPSA) is 26.0 Å². The molecule has 1 nitrogen and oxygen atoms in total. The molecule has 0 rings (SSSR count). The zero-order valence-electron chi connectivity index (χ0n) is 3.53. The minimum Gasteiger partial charge on any atom is -0.326 e. The predicted molar refractivity (Wildman–Crippen MR) is 45.3 cm³/mol. The molecule has 0 radical (unpaired) electrons. The van der Waals surface area contributed by atoms with Crippen LogP contribution in [0.5, 0.6) is 0 Å². The van der Waals surface area contributed by atoms with Crippen LogP contribution in [0.15, 0.2) is 9.47 Å². The Morgan fingerprint density at radius 1 is 1.71 bits per heavy atom. The number of nitrogens with two attached hydrogens (primary N) is 1. The molecule has 0 amide bonds. The average Bonchev–Trinajstić information content (AvgIpc) is 1.65. The normalized spacial score (nSPS) is 10.4. The monoisotopic (exact) mass is 293 g/mol. The molecule has 0 aromatic rings. The summed E-state index contributed by atoms with van der Waals surface area (Å²) in [4.78, 5) is 1.74. The van der Waals surface area contributed by atoms with E-state index in [0.717, 1.165) is 4.48 Å². The molecular formula is C3H6Br3N. The van der Waals surface area contributed by atoms with Crippen molar-refractivity contribution in [3.05, 3.63) is 9.47 Å². The summed E-state index contributed by atoms with van der Waals surface area (Å²) in [6.45, 7) is 0.561. The van der Waals surface area contributed by atoms with Crippen LogP contribution in [-0.4, -0.2) is 6.54 Å². The number of hydrogen-bond acceptors (Lipinski definition) is 1. The second-order valence-corrected chi connectivity index (χ2v) is 2.24. The summed E-state index contributed by atoms with van der Waals surface area (Å²) in [5, 5.41) is 0. The highest BCUT2D eigenvalue weighted by molar-refractivity contribution is 9.14. The molecule has 7 heavy (non-hydrogen) atoms. The van der Waals surface area contributed by atoms with Crippen molar-refractivity contribution in [3.63, 3.8) is 0 Å². The molecule has 0 bridgehead atoms. The third kappa shape index (κ3) is 7.14. The van der Waals surface area contributed by atoms with Gasteiger partial charge in [-0.1, -0.05) is 31.9 Å². The highest BCUT2D eigenvalue weighted by Crippen LogP contribution is 2.03. The van der Waals surface area contributed by atoms with E-state index in [2.05, 4.69) is 31.9 Å². The molecule has 0 heterocycles. The maximum absolute atomic E-state index is 5.14. The quantitative estimate of drug-likeness (QED) is 0.788. The molecule has 0 aliphatic rings. The van der Waals surface area contributed by atoms with Gasteiger partial charge >= 0.3 is 0 Å². The van der Waals surface area contributed by atoms with Crippen molar-refractivity contribution in [2.75, 3.05) is 6.54 Å². The van der Waals surface area contributed by atoms with E-state index in [1.54, 1.807) is 4.99 Å². The zero-order valence-corrected chi connectivity index (χ0v) is 8.41. The number of hydrogen-bond donors (Lipinski definition) is 1. The van der Waals surface area contributed by atoms with Gasteiger partial charge in [-0.3, -0.25) is 0 Å². The first-order chi connectivity index (χ1) is 2.81. The van der Waals surface area contributed by atoms with E-state index < -0.39 is 0 Å². The van der Waals surface area contributed by atoms with Crippen LogP contribution in [0.1, 0.15) is 0 Å². The molecule has 0 aliphatic heterocycles. The molecule has 4 heteroatoms. The molecule has 0 fully saturated rings. The summed E-state index contributed by atoms with van der Waals surface area (Å²) in [7, 11) is 0. The minimum atomic E-state index is 0. The van der Waals surface area contributed by atoms with Gasteiger partial charge in [0, 0.05) is 11.0 Å². The van der Waals surface area contributed by atoms with Crippen molar-refractivity contribution in [3.8, 4) is 0 Å². The van der Waals surface area contributed by atoms with Crippen LogP contribution in [0.4, 0.5) is 0 Å².